The van der Waals surface area contributed by atoms with Gasteiger partial charge in [-0.15, -0.1) is 0 Å². The van der Waals surface area contributed by atoms with Crippen molar-refractivity contribution in [2.24, 2.45) is 0 Å². The number of carbonyl (C=O) groups is 2. The quantitative estimate of drug-likeness (QED) is 0.514. The number of hydrogen-bond acceptors (Lipinski definition) is 7. The molecule has 1 aliphatic rings. The van der Waals surface area contributed by atoms with Crippen molar-refractivity contribution in [2.45, 2.75) is 13.5 Å². The zero-order chi connectivity index (χ0) is 22.6. The van der Waals surface area contributed by atoms with Gasteiger partial charge in [-0.2, -0.15) is 0 Å². The van der Waals surface area contributed by atoms with E-state index in [1.165, 1.54) is 11.1 Å². The molecule has 3 N–H and O–H groups in total. The van der Waals surface area contributed by atoms with Gasteiger partial charge in [0.2, 0.25) is 0 Å². The van der Waals surface area contributed by atoms with E-state index in [4.69, 9.17) is 0 Å². The van der Waals surface area contributed by atoms with E-state index in [1.54, 1.807) is 0 Å². The van der Waals surface area contributed by atoms with Gasteiger partial charge in [-0.3, -0.25) is 29.2 Å². The first kappa shape index (κ1) is 25.2. The van der Waals surface area contributed by atoms with Crippen molar-refractivity contribution in [3.05, 3.63) is 35.4 Å². The summed E-state index contributed by atoms with van der Waals surface area (Å²) < 4.78 is 0. The van der Waals surface area contributed by atoms with Crippen molar-refractivity contribution in [1.29, 1.82) is 0 Å². The highest BCUT2D eigenvalue weighted by Crippen LogP contribution is 2.08. The molecule has 1 aliphatic heterocycles. The van der Waals surface area contributed by atoms with E-state index in [0.29, 0.717) is 45.8 Å². The van der Waals surface area contributed by atoms with Crippen LogP contribution < -0.4 is 0 Å². The van der Waals surface area contributed by atoms with E-state index in [0.717, 1.165) is 19.6 Å². The number of aliphatic hydroxyl groups is 1. The maximum atomic E-state index is 11.3. The number of carboxylic acid groups (broad SMARTS) is 2. The van der Waals surface area contributed by atoms with Crippen LogP contribution in [-0.4, -0.2) is 125 Å². The number of benzene rings is 1. The number of aliphatic carboxylic acids is 2. The topological polar surface area (TPSA) is 108 Å². The molecule has 0 aromatic heterocycles. The van der Waals surface area contributed by atoms with Crippen molar-refractivity contribution in [3.8, 4) is 0 Å². The summed E-state index contributed by atoms with van der Waals surface area (Å²) >= 11 is 0. The largest absolute Gasteiger partial charge is 0.480 e. The molecule has 0 saturated carbocycles. The lowest BCUT2D eigenvalue weighted by Gasteiger charge is -2.33. The third kappa shape index (κ3) is 10.2. The van der Waals surface area contributed by atoms with E-state index in [9.17, 15) is 24.9 Å². The Kier molecular flexibility index (Phi) is 10.9. The lowest BCUT2D eigenvalue weighted by molar-refractivity contribution is -0.140. The van der Waals surface area contributed by atoms with Gasteiger partial charge in [-0.25, -0.2) is 0 Å². The molecule has 1 saturated heterocycles. The molecule has 0 amide bonds. The van der Waals surface area contributed by atoms with Crippen molar-refractivity contribution in [2.75, 3.05) is 78.6 Å². The van der Waals surface area contributed by atoms with Gasteiger partial charge in [-0.1, -0.05) is 29.8 Å². The minimum absolute atomic E-state index is 0.0588. The summed E-state index contributed by atoms with van der Waals surface area (Å²) in [5.41, 5.74) is 2.42. The first-order valence-corrected chi connectivity index (χ1v) is 10.8. The van der Waals surface area contributed by atoms with Crippen molar-refractivity contribution >= 4 is 11.9 Å². The van der Waals surface area contributed by atoms with Crippen LogP contribution in [0, 0.1) is 6.92 Å². The van der Waals surface area contributed by atoms with Crippen molar-refractivity contribution in [3.63, 3.8) is 0 Å². The van der Waals surface area contributed by atoms with Gasteiger partial charge in [0, 0.05) is 65.4 Å². The van der Waals surface area contributed by atoms with Crippen LogP contribution in [0.4, 0.5) is 0 Å². The first-order chi connectivity index (χ1) is 14.9. The Morgan fingerprint density at radius 2 is 1.16 bits per heavy atom. The summed E-state index contributed by atoms with van der Waals surface area (Å²) in [7, 11) is 0. The highest BCUT2D eigenvalue weighted by atomic mass is 16.4. The molecule has 1 aromatic rings. The highest BCUT2D eigenvalue weighted by molar-refractivity contribution is 5.69. The molecule has 31 heavy (non-hydrogen) atoms. The number of carboxylic acids is 2. The molecule has 0 aliphatic carbocycles. The highest BCUT2D eigenvalue weighted by Gasteiger charge is 2.19. The third-order valence-electron chi connectivity index (χ3n) is 5.59. The van der Waals surface area contributed by atoms with Crippen molar-refractivity contribution in [1.82, 2.24) is 19.6 Å². The van der Waals surface area contributed by atoms with Gasteiger partial charge < -0.3 is 15.3 Å². The van der Waals surface area contributed by atoms with Crippen LogP contribution in [0.1, 0.15) is 11.1 Å². The number of rotatable bonds is 8. The zero-order valence-electron chi connectivity index (χ0n) is 18.4. The molecule has 0 atom stereocenters. The fourth-order valence-corrected chi connectivity index (χ4v) is 3.75. The van der Waals surface area contributed by atoms with E-state index in [-0.39, 0.29) is 19.7 Å². The predicted octanol–water partition coefficient (Wildman–Crippen LogP) is -0.122. The van der Waals surface area contributed by atoms with Gasteiger partial charge in [0.15, 0.2) is 0 Å². The minimum atomic E-state index is -0.894. The number of aliphatic hydroxyl groups excluding tert-OH is 1. The maximum Gasteiger partial charge on any atom is 0.317 e. The van der Waals surface area contributed by atoms with Gasteiger partial charge >= 0.3 is 11.9 Å². The van der Waals surface area contributed by atoms with E-state index >= 15 is 0 Å². The lowest BCUT2D eigenvalue weighted by Crippen LogP contribution is -2.48. The standard InChI is InChI=1S/C22H36N4O5/c1-19-2-4-20(5-3-19)16-24-8-6-23(14-15-27)7-9-25(17-21(28)29)12-13-26(11-10-24)18-22(30)31/h2-5,27H,6-18H2,1H3,(H,28,29)(H,30,31). The predicted molar refractivity (Wildman–Crippen MR) is 118 cm³/mol. The molecular weight excluding hydrogens is 400 g/mol. The number of β-amino-alcohol motifs (C(OH)–C–C–N with tert-alkyl or cyclic N) is 1. The molecule has 174 valence electrons. The van der Waals surface area contributed by atoms with Crippen LogP contribution in [0.2, 0.25) is 0 Å². The van der Waals surface area contributed by atoms with Crippen LogP contribution >= 0.6 is 0 Å². The smallest absolute Gasteiger partial charge is 0.317 e. The molecule has 0 radical (unpaired) electrons. The summed E-state index contributed by atoms with van der Waals surface area (Å²) in [5, 5.41) is 27.9. The summed E-state index contributed by atoms with van der Waals surface area (Å²) in [5.74, 6) is -1.77. The van der Waals surface area contributed by atoms with Gasteiger partial charge in [0.25, 0.3) is 0 Å². The Bertz CT molecular complexity index is 685. The fourth-order valence-electron chi connectivity index (χ4n) is 3.75. The van der Waals surface area contributed by atoms with Crippen LogP contribution in [0.15, 0.2) is 24.3 Å². The van der Waals surface area contributed by atoms with E-state index in [2.05, 4.69) is 41.0 Å². The molecule has 9 nitrogen and oxygen atoms in total. The van der Waals surface area contributed by atoms with E-state index in [1.807, 2.05) is 9.80 Å². The average molecular weight is 437 g/mol. The summed E-state index contributed by atoms with van der Waals surface area (Å²) in [6, 6.07) is 8.43. The second-order valence-electron chi connectivity index (χ2n) is 8.17. The van der Waals surface area contributed by atoms with Crippen LogP contribution in [0.25, 0.3) is 0 Å². The fraction of sp³-hybridized carbons (Fsp3) is 0.636. The first-order valence-electron chi connectivity index (χ1n) is 10.8. The lowest BCUT2D eigenvalue weighted by atomic mass is 10.1. The normalized spacial score (nSPS) is 18.9. The molecule has 1 heterocycles. The molecule has 9 heteroatoms. The molecular formula is C22H36N4O5. The molecule has 2 rings (SSSR count). The number of nitrogens with zero attached hydrogens (tertiary/aromatic N) is 4. The molecule has 0 bridgehead atoms. The summed E-state index contributed by atoms with van der Waals surface area (Å²) in [4.78, 5) is 30.8. The Balaban J connectivity index is 2.11. The van der Waals surface area contributed by atoms with Crippen molar-refractivity contribution < 1.29 is 24.9 Å². The van der Waals surface area contributed by atoms with Crippen LogP contribution in [-0.2, 0) is 16.1 Å². The Labute approximate surface area is 184 Å². The number of aryl methyl sites for hydroxylation is 1. The zero-order valence-corrected chi connectivity index (χ0v) is 18.4. The molecule has 1 aromatic carbocycles. The van der Waals surface area contributed by atoms with Gasteiger partial charge in [-0.05, 0) is 12.5 Å². The Morgan fingerprint density at radius 1 is 0.742 bits per heavy atom. The molecule has 0 spiro atoms. The Hall–Kier alpha value is -2.04. The third-order valence-corrected chi connectivity index (χ3v) is 5.59. The second kappa shape index (κ2) is 13.4. The average Bonchev–Trinajstić information content (AvgIpc) is 2.70. The van der Waals surface area contributed by atoms with Gasteiger partial charge in [0.05, 0.1) is 19.7 Å². The van der Waals surface area contributed by atoms with Crippen LogP contribution in [0.3, 0.4) is 0 Å². The van der Waals surface area contributed by atoms with Gasteiger partial charge in [0.1, 0.15) is 0 Å². The molecule has 1 fully saturated rings. The second-order valence-corrected chi connectivity index (χ2v) is 8.17. The number of hydrogen-bond donors (Lipinski definition) is 3. The molecule has 0 unspecified atom stereocenters. The minimum Gasteiger partial charge on any atom is -0.480 e. The van der Waals surface area contributed by atoms with Crippen LogP contribution in [0.5, 0.6) is 0 Å². The SMILES string of the molecule is Cc1ccc(CN2CCN(CCO)CCN(CC(=O)O)CCN(CC(=O)O)CC2)cc1. The monoisotopic (exact) mass is 436 g/mol. The summed E-state index contributed by atoms with van der Waals surface area (Å²) in [6.07, 6.45) is 0. The van der Waals surface area contributed by atoms with E-state index < -0.39 is 11.9 Å². The maximum absolute atomic E-state index is 11.3. The summed E-state index contributed by atoms with van der Waals surface area (Å²) in [6.45, 7) is 8.37. The Morgan fingerprint density at radius 3 is 1.58 bits per heavy atom.